The van der Waals surface area contributed by atoms with Crippen LogP contribution in [0, 0.1) is 12.8 Å². The Bertz CT molecular complexity index is 727. The molecule has 0 N–H and O–H groups in total. The summed E-state index contributed by atoms with van der Waals surface area (Å²) in [5.74, 6) is -0.594. The largest absolute Gasteiger partial charge is 0.274 e. The Labute approximate surface area is 134 Å². The van der Waals surface area contributed by atoms with E-state index in [1.807, 2.05) is 37.3 Å². The highest BCUT2D eigenvalue weighted by atomic mass is 35.5. The molecule has 3 nitrogen and oxygen atoms in total. The van der Waals surface area contributed by atoms with E-state index in [0.717, 1.165) is 11.1 Å². The van der Waals surface area contributed by atoms with Crippen LogP contribution in [0.15, 0.2) is 48.5 Å². The summed E-state index contributed by atoms with van der Waals surface area (Å²) in [6.45, 7) is 1.82. The maximum Gasteiger partial charge on any atom is 0.237 e. The molecular weight excluding hydrogens is 298 g/mol. The van der Waals surface area contributed by atoms with E-state index in [-0.39, 0.29) is 24.2 Å². The summed E-state index contributed by atoms with van der Waals surface area (Å²) in [5, 5.41) is 0.560. The molecule has 0 aliphatic carbocycles. The summed E-state index contributed by atoms with van der Waals surface area (Å²) in [5.41, 5.74) is 2.42. The maximum absolute atomic E-state index is 12.6. The third-order valence-corrected chi connectivity index (χ3v) is 4.45. The molecule has 112 valence electrons. The van der Waals surface area contributed by atoms with Crippen molar-refractivity contribution in [2.75, 3.05) is 4.90 Å². The van der Waals surface area contributed by atoms with Gasteiger partial charge in [0, 0.05) is 11.4 Å². The van der Waals surface area contributed by atoms with Crippen molar-refractivity contribution in [3.63, 3.8) is 0 Å². The average molecular weight is 314 g/mol. The number of imide groups is 1. The lowest BCUT2D eigenvalue weighted by molar-refractivity contribution is -0.122. The quantitative estimate of drug-likeness (QED) is 0.809. The van der Waals surface area contributed by atoms with Crippen LogP contribution in [0.2, 0.25) is 5.02 Å². The third kappa shape index (κ3) is 2.64. The minimum atomic E-state index is -0.298. The third-order valence-electron chi connectivity index (χ3n) is 4.04. The highest BCUT2D eigenvalue weighted by Gasteiger charge is 2.39. The number of amides is 2. The van der Waals surface area contributed by atoms with E-state index < -0.39 is 0 Å². The fourth-order valence-corrected chi connectivity index (χ4v) is 3.01. The predicted molar refractivity (Wildman–Crippen MR) is 86.9 cm³/mol. The van der Waals surface area contributed by atoms with Crippen molar-refractivity contribution in [2.45, 2.75) is 19.8 Å². The Balaban J connectivity index is 1.87. The number of hydrogen-bond donors (Lipinski definition) is 0. The normalized spacial score (nSPS) is 18.1. The fraction of sp³-hybridized carbons (Fsp3) is 0.222. The van der Waals surface area contributed by atoms with Crippen LogP contribution in [0.25, 0.3) is 0 Å². The van der Waals surface area contributed by atoms with E-state index in [1.54, 1.807) is 18.2 Å². The van der Waals surface area contributed by atoms with E-state index >= 15 is 0 Å². The topological polar surface area (TPSA) is 37.4 Å². The minimum absolute atomic E-state index is 0.140. The van der Waals surface area contributed by atoms with Gasteiger partial charge < -0.3 is 0 Å². The molecule has 1 saturated heterocycles. The number of rotatable bonds is 3. The van der Waals surface area contributed by atoms with Gasteiger partial charge in [0.25, 0.3) is 0 Å². The van der Waals surface area contributed by atoms with Crippen molar-refractivity contribution in [1.29, 1.82) is 0 Å². The molecule has 2 amide bonds. The van der Waals surface area contributed by atoms with Crippen LogP contribution in [0.3, 0.4) is 0 Å². The number of halogens is 1. The molecule has 1 aliphatic heterocycles. The minimum Gasteiger partial charge on any atom is -0.274 e. The molecule has 1 fully saturated rings. The molecule has 0 aromatic heterocycles. The molecule has 2 aromatic rings. The van der Waals surface area contributed by atoms with Gasteiger partial charge in [0.1, 0.15) is 0 Å². The highest BCUT2D eigenvalue weighted by Crippen LogP contribution is 2.33. The second kappa shape index (κ2) is 5.93. The van der Waals surface area contributed by atoms with E-state index in [9.17, 15) is 9.59 Å². The standard InChI is InChI=1S/C18H16ClNO2/c1-12-15(19)8-5-9-16(12)20-17(21)11-14(18(20)22)10-13-6-3-2-4-7-13/h2-9,14H,10-11H2,1H3/t14-/m1/s1. The van der Waals surface area contributed by atoms with Crippen LogP contribution in [0.4, 0.5) is 5.69 Å². The van der Waals surface area contributed by atoms with E-state index in [2.05, 4.69) is 0 Å². The van der Waals surface area contributed by atoms with Gasteiger partial charge in [0.2, 0.25) is 11.8 Å². The van der Waals surface area contributed by atoms with Gasteiger partial charge in [0.05, 0.1) is 11.6 Å². The maximum atomic E-state index is 12.6. The van der Waals surface area contributed by atoms with Crippen molar-refractivity contribution in [2.24, 2.45) is 5.92 Å². The molecule has 22 heavy (non-hydrogen) atoms. The van der Waals surface area contributed by atoms with Gasteiger partial charge in [-0.1, -0.05) is 48.0 Å². The first-order valence-electron chi connectivity index (χ1n) is 7.24. The van der Waals surface area contributed by atoms with Crippen molar-refractivity contribution in [3.05, 3.63) is 64.7 Å². The number of anilines is 1. The molecule has 2 aromatic carbocycles. The van der Waals surface area contributed by atoms with Crippen LogP contribution in [0.5, 0.6) is 0 Å². The van der Waals surface area contributed by atoms with Crippen LogP contribution >= 0.6 is 11.6 Å². The monoisotopic (exact) mass is 313 g/mol. The molecule has 0 bridgehead atoms. The summed E-state index contributed by atoms with van der Waals surface area (Å²) < 4.78 is 0. The summed E-state index contributed by atoms with van der Waals surface area (Å²) in [7, 11) is 0. The van der Waals surface area contributed by atoms with Crippen molar-refractivity contribution in [3.8, 4) is 0 Å². The molecule has 0 saturated carbocycles. The Morgan fingerprint density at radius 1 is 1.09 bits per heavy atom. The van der Waals surface area contributed by atoms with E-state index in [4.69, 9.17) is 11.6 Å². The number of carbonyl (C=O) groups excluding carboxylic acids is 2. The Morgan fingerprint density at radius 2 is 1.82 bits per heavy atom. The van der Waals surface area contributed by atoms with Crippen LogP contribution < -0.4 is 4.90 Å². The molecule has 0 unspecified atom stereocenters. The second-order valence-electron chi connectivity index (χ2n) is 5.54. The summed E-state index contributed by atoms with van der Waals surface area (Å²) in [6.07, 6.45) is 0.835. The number of carbonyl (C=O) groups is 2. The van der Waals surface area contributed by atoms with Gasteiger partial charge in [-0.3, -0.25) is 9.59 Å². The first kappa shape index (κ1) is 14.8. The van der Waals surface area contributed by atoms with Crippen LogP contribution in [-0.2, 0) is 16.0 Å². The Kier molecular flexibility index (Phi) is 3.99. The number of nitrogens with zero attached hydrogens (tertiary/aromatic N) is 1. The molecule has 0 spiro atoms. The highest BCUT2D eigenvalue weighted by molar-refractivity contribution is 6.32. The fourth-order valence-electron chi connectivity index (χ4n) is 2.84. The van der Waals surface area contributed by atoms with Crippen molar-refractivity contribution >= 4 is 29.1 Å². The van der Waals surface area contributed by atoms with Crippen LogP contribution in [-0.4, -0.2) is 11.8 Å². The summed E-state index contributed by atoms with van der Waals surface area (Å²) >= 11 is 6.10. The van der Waals surface area contributed by atoms with Gasteiger partial charge in [0.15, 0.2) is 0 Å². The SMILES string of the molecule is Cc1c(Cl)cccc1N1C(=O)C[C@@H](Cc2ccccc2)C1=O. The zero-order valence-electron chi connectivity index (χ0n) is 12.3. The molecule has 1 atom stereocenters. The molecule has 0 radical (unpaired) electrons. The lowest BCUT2D eigenvalue weighted by atomic mass is 9.98. The molecule has 4 heteroatoms. The molecular formula is C18H16ClNO2. The van der Waals surface area contributed by atoms with Gasteiger partial charge in [-0.25, -0.2) is 4.90 Å². The summed E-state index contributed by atoms with van der Waals surface area (Å²) in [4.78, 5) is 26.2. The molecule has 3 rings (SSSR count). The summed E-state index contributed by atoms with van der Waals surface area (Å²) in [6, 6.07) is 15.1. The Morgan fingerprint density at radius 3 is 2.55 bits per heavy atom. The Hall–Kier alpha value is -2.13. The first-order valence-corrected chi connectivity index (χ1v) is 7.61. The zero-order valence-corrected chi connectivity index (χ0v) is 13.0. The van der Waals surface area contributed by atoms with E-state index in [0.29, 0.717) is 17.1 Å². The number of hydrogen-bond acceptors (Lipinski definition) is 2. The van der Waals surface area contributed by atoms with Crippen molar-refractivity contribution < 1.29 is 9.59 Å². The van der Waals surface area contributed by atoms with Crippen molar-refractivity contribution in [1.82, 2.24) is 0 Å². The van der Waals surface area contributed by atoms with Gasteiger partial charge in [-0.2, -0.15) is 0 Å². The lowest BCUT2D eigenvalue weighted by Crippen LogP contribution is -2.31. The second-order valence-corrected chi connectivity index (χ2v) is 5.95. The molecule has 1 heterocycles. The van der Waals surface area contributed by atoms with Gasteiger partial charge >= 0.3 is 0 Å². The van der Waals surface area contributed by atoms with Crippen LogP contribution in [0.1, 0.15) is 17.5 Å². The molecule has 1 aliphatic rings. The number of benzene rings is 2. The van der Waals surface area contributed by atoms with E-state index in [1.165, 1.54) is 4.90 Å². The smallest absolute Gasteiger partial charge is 0.237 e. The first-order chi connectivity index (χ1) is 10.6. The van der Waals surface area contributed by atoms with Gasteiger partial charge in [-0.05, 0) is 36.6 Å². The lowest BCUT2D eigenvalue weighted by Gasteiger charge is -2.18. The van der Waals surface area contributed by atoms with Gasteiger partial charge in [-0.15, -0.1) is 0 Å². The average Bonchev–Trinajstić information content (AvgIpc) is 2.78. The zero-order chi connectivity index (χ0) is 15.7. The predicted octanol–water partition coefficient (Wildman–Crippen LogP) is 3.77.